The summed E-state index contributed by atoms with van der Waals surface area (Å²) >= 11 is 9.32. The third kappa shape index (κ3) is 3.21. The van der Waals surface area contributed by atoms with Gasteiger partial charge in [-0.05, 0) is 24.5 Å². The lowest BCUT2D eigenvalue weighted by Crippen LogP contribution is -2.06. The number of carbonyl (C=O) groups is 1. The Morgan fingerprint density at radius 2 is 2.27 bits per heavy atom. The van der Waals surface area contributed by atoms with Crippen molar-refractivity contribution in [1.29, 1.82) is 0 Å². The van der Waals surface area contributed by atoms with Gasteiger partial charge in [-0.3, -0.25) is 0 Å². The van der Waals surface area contributed by atoms with Gasteiger partial charge in [0.05, 0.1) is 17.7 Å². The molecule has 0 amide bonds. The van der Waals surface area contributed by atoms with Crippen LogP contribution in [0.4, 0.5) is 0 Å². The number of alkyl halides is 1. The van der Waals surface area contributed by atoms with Crippen LogP contribution in [-0.2, 0) is 11.2 Å². The van der Waals surface area contributed by atoms with Crippen LogP contribution < -0.4 is 0 Å². The monoisotopic (exact) mass is 290 g/mol. The minimum atomic E-state index is -0.370. The molecule has 0 aliphatic carbocycles. The highest BCUT2D eigenvalue weighted by molar-refractivity contribution is 9.09. The van der Waals surface area contributed by atoms with E-state index < -0.39 is 0 Å². The predicted molar refractivity (Wildman–Crippen MR) is 64.9 cm³/mol. The lowest BCUT2D eigenvalue weighted by molar-refractivity contribution is 0.0599. The molecule has 0 radical (unpaired) electrons. The maximum Gasteiger partial charge on any atom is 0.339 e. The molecule has 1 aromatic carbocycles. The molecule has 0 atom stereocenters. The van der Waals surface area contributed by atoms with Crippen LogP contribution in [0.3, 0.4) is 0 Å². The number of rotatable bonds is 4. The summed E-state index contributed by atoms with van der Waals surface area (Å²) in [7, 11) is 1.36. The van der Waals surface area contributed by atoms with Crippen LogP contribution in [-0.4, -0.2) is 18.4 Å². The van der Waals surface area contributed by atoms with Crippen molar-refractivity contribution in [2.24, 2.45) is 0 Å². The van der Waals surface area contributed by atoms with E-state index in [4.69, 9.17) is 16.3 Å². The Morgan fingerprint density at radius 3 is 2.87 bits per heavy atom. The van der Waals surface area contributed by atoms with Crippen LogP contribution in [0.25, 0.3) is 0 Å². The Kier molecular flexibility index (Phi) is 5.12. The molecule has 82 valence electrons. The maximum atomic E-state index is 11.5. The van der Waals surface area contributed by atoms with Crippen molar-refractivity contribution in [3.8, 4) is 0 Å². The van der Waals surface area contributed by atoms with Crippen LogP contribution >= 0.6 is 27.5 Å². The number of ether oxygens (including phenoxy) is 1. The van der Waals surface area contributed by atoms with Gasteiger partial charge in [0.2, 0.25) is 0 Å². The van der Waals surface area contributed by atoms with Gasteiger partial charge in [0.15, 0.2) is 0 Å². The summed E-state index contributed by atoms with van der Waals surface area (Å²) in [5.41, 5.74) is 1.43. The van der Waals surface area contributed by atoms with Crippen LogP contribution in [0.1, 0.15) is 22.3 Å². The van der Waals surface area contributed by atoms with Gasteiger partial charge in [-0.25, -0.2) is 4.79 Å². The second-order valence-electron chi connectivity index (χ2n) is 3.06. The van der Waals surface area contributed by atoms with Crippen molar-refractivity contribution >= 4 is 33.5 Å². The first-order valence-electron chi connectivity index (χ1n) is 4.62. The first-order chi connectivity index (χ1) is 7.20. The third-order valence-corrected chi connectivity index (χ3v) is 2.94. The highest BCUT2D eigenvalue weighted by Crippen LogP contribution is 2.22. The highest BCUT2D eigenvalue weighted by atomic mass is 79.9. The van der Waals surface area contributed by atoms with E-state index in [0.29, 0.717) is 10.6 Å². The van der Waals surface area contributed by atoms with E-state index in [-0.39, 0.29) is 5.97 Å². The average Bonchev–Trinajstić information content (AvgIpc) is 2.25. The molecule has 0 heterocycles. The Bertz CT molecular complexity index is 352. The van der Waals surface area contributed by atoms with Gasteiger partial charge in [0.1, 0.15) is 0 Å². The Balaban J connectivity index is 3.03. The number of hydrogen-bond donors (Lipinski definition) is 0. The zero-order valence-corrected chi connectivity index (χ0v) is 10.8. The van der Waals surface area contributed by atoms with Gasteiger partial charge in [-0.1, -0.05) is 39.7 Å². The summed E-state index contributed by atoms with van der Waals surface area (Å²) in [6.07, 6.45) is 1.78. The van der Waals surface area contributed by atoms with Crippen LogP contribution in [0.15, 0.2) is 18.2 Å². The fourth-order valence-electron chi connectivity index (χ4n) is 1.37. The molecule has 0 fully saturated rings. The molecule has 1 rings (SSSR count). The molecule has 4 heteroatoms. The molecule has 0 saturated heterocycles. The van der Waals surface area contributed by atoms with Crippen LogP contribution in [0.2, 0.25) is 5.02 Å². The average molecular weight is 292 g/mol. The number of methoxy groups -OCH3 is 1. The summed E-state index contributed by atoms with van der Waals surface area (Å²) in [5.74, 6) is -0.370. The smallest absolute Gasteiger partial charge is 0.339 e. The van der Waals surface area contributed by atoms with E-state index in [2.05, 4.69) is 15.9 Å². The fourth-order valence-corrected chi connectivity index (χ4v) is 1.92. The summed E-state index contributed by atoms with van der Waals surface area (Å²) in [5, 5.41) is 1.36. The molecule has 0 saturated carbocycles. The molecule has 0 spiro atoms. The first-order valence-corrected chi connectivity index (χ1v) is 6.12. The quantitative estimate of drug-likeness (QED) is 0.627. The minimum Gasteiger partial charge on any atom is -0.465 e. The topological polar surface area (TPSA) is 26.3 Å². The Morgan fingerprint density at radius 1 is 1.53 bits per heavy atom. The number of carbonyl (C=O) groups excluding carboxylic acids is 1. The molecular formula is C11H12BrClO2. The molecular weight excluding hydrogens is 279 g/mol. The van der Waals surface area contributed by atoms with E-state index in [0.717, 1.165) is 23.7 Å². The highest BCUT2D eigenvalue weighted by Gasteiger charge is 2.15. The van der Waals surface area contributed by atoms with Crippen molar-refractivity contribution in [3.63, 3.8) is 0 Å². The summed E-state index contributed by atoms with van der Waals surface area (Å²) in [4.78, 5) is 11.5. The number of halogens is 2. The molecule has 0 bridgehead atoms. The summed E-state index contributed by atoms with van der Waals surface area (Å²) in [6.45, 7) is 0. The first kappa shape index (κ1) is 12.5. The van der Waals surface area contributed by atoms with Crippen molar-refractivity contribution in [2.45, 2.75) is 12.8 Å². The van der Waals surface area contributed by atoms with Crippen molar-refractivity contribution in [2.75, 3.05) is 12.4 Å². The molecule has 1 aromatic rings. The van der Waals surface area contributed by atoms with Gasteiger partial charge in [0, 0.05) is 5.33 Å². The molecule has 0 N–H and O–H groups in total. The molecule has 0 aromatic heterocycles. The van der Waals surface area contributed by atoms with Crippen molar-refractivity contribution < 1.29 is 9.53 Å². The fraction of sp³-hybridized carbons (Fsp3) is 0.364. The summed E-state index contributed by atoms with van der Waals surface area (Å²) in [6, 6.07) is 5.45. The standard InChI is InChI=1S/C11H12BrClO2/c1-15-11(14)10-8(5-3-7-12)4-2-6-9(10)13/h2,4,6H,3,5,7H2,1H3. The minimum absolute atomic E-state index is 0.370. The Hall–Kier alpha value is -0.540. The molecule has 0 aliphatic heterocycles. The molecule has 0 unspecified atom stereocenters. The van der Waals surface area contributed by atoms with Crippen LogP contribution in [0.5, 0.6) is 0 Å². The number of esters is 1. The third-order valence-electron chi connectivity index (χ3n) is 2.07. The van der Waals surface area contributed by atoms with Gasteiger partial charge in [-0.15, -0.1) is 0 Å². The number of aryl methyl sites for hydroxylation is 1. The maximum absolute atomic E-state index is 11.5. The predicted octanol–water partition coefficient (Wildman–Crippen LogP) is 3.45. The van der Waals surface area contributed by atoms with Gasteiger partial charge in [0.25, 0.3) is 0 Å². The van der Waals surface area contributed by atoms with E-state index in [1.165, 1.54) is 7.11 Å². The van der Waals surface area contributed by atoms with E-state index >= 15 is 0 Å². The Labute approximate surface area is 103 Å². The normalized spacial score (nSPS) is 10.1. The second kappa shape index (κ2) is 6.13. The van der Waals surface area contributed by atoms with Gasteiger partial charge < -0.3 is 4.74 Å². The zero-order valence-electron chi connectivity index (χ0n) is 8.43. The molecule has 2 nitrogen and oxygen atoms in total. The van der Waals surface area contributed by atoms with Crippen LogP contribution in [0, 0.1) is 0 Å². The number of benzene rings is 1. The SMILES string of the molecule is COC(=O)c1c(Cl)cccc1CCCBr. The van der Waals surface area contributed by atoms with Gasteiger partial charge >= 0.3 is 5.97 Å². The second-order valence-corrected chi connectivity index (χ2v) is 4.26. The summed E-state index contributed by atoms with van der Waals surface area (Å²) < 4.78 is 4.70. The van der Waals surface area contributed by atoms with Gasteiger partial charge in [-0.2, -0.15) is 0 Å². The lowest BCUT2D eigenvalue weighted by atomic mass is 10.0. The molecule has 15 heavy (non-hydrogen) atoms. The van der Waals surface area contributed by atoms with E-state index in [1.807, 2.05) is 12.1 Å². The van der Waals surface area contributed by atoms with E-state index in [1.54, 1.807) is 6.07 Å². The molecule has 0 aliphatic rings. The zero-order chi connectivity index (χ0) is 11.3. The van der Waals surface area contributed by atoms with Crippen molar-refractivity contribution in [3.05, 3.63) is 34.3 Å². The largest absolute Gasteiger partial charge is 0.465 e. The van der Waals surface area contributed by atoms with Crippen molar-refractivity contribution in [1.82, 2.24) is 0 Å². The number of hydrogen-bond acceptors (Lipinski definition) is 2. The van der Waals surface area contributed by atoms with E-state index in [9.17, 15) is 4.79 Å². The lowest BCUT2D eigenvalue weighted by Gasteiger charge is -2.08.